The lowest BCUT2D eigenvalue weighted by atomic mass is 10.2. The van der Waals surface area contributed by atoms with Crippen LogP contribution in [0.4, 0.5) is 0 Å². The van der Waals surface area contributed by atoms with E-state index in [0.717, 1.165) is 5.70 Å². The Morgan fingerprint density at radius 1 is 1.67 bits per heavy atom. The molecule has 3 nitrogen and oxygen atoms in total. The molecule has 0 aromatic carbocycles. The first-order chi connectivity index (χ1) is 4.20. The monoisotopic (exact) mass is 126 g/mol. The van der Waals surface area contributed by atoms with Gasteiger partial charge in [0.05, 0.1) is 0 Å². The van der Waals surface area contributed by atoms with E-state index in [0.29, 0.717) is 0 Å². The van der Waals surface area contributed by atoms with Crippen molar-refractivity contribution in [3.8, 4) is 0 Å². The van der Waals surface area contributed by atoms with Crippen molar-refractivity contribution in [3.05, 3.63) is 11.9 Å². The topological polar surface area (TPSA) is 41.1 Å². The van der Waals surface area contributed by atoms with Gasteiger partial charge in [-0.05, 0) is 13.8 Å². The fourth-order valence-electron chi connectivity index (χ4n) is 0.664. The first-order valence-electron chi connectivity index (χ1n) is 2.94. The molecule has 0 unspecified atom stereocenters. The van der Waals surface area contributed by atoms with Crippen molar-refractivity contribution in [3.63, 3.8) is 0 Å². The number of rotatable bonds is 0. The van der Waals surface area contributed by atoms with E-state index >= 15 is 0 Å². The van der Waals surface area contributed by atoms with E-state index in [1.807, 2.05) is 13.8 Å². The van der Waals surface area contributed by atoms with Crippen molar-refractivity contribution >= 4 is 5.91 Å². The van der Waals surface area contributed by atoms with Gasteiger partial charge in [0.2, 0.25) is 5.91 Å². The van der Waals surface area contributed by atoms with Crippen LogP contribution in [0, 0.1) is 0 Å². The van der Waals surface area contributed by atoms with Crippen LogP contribution in [0.3, 0.4) is 0 Å². The highest BCUT2D eigenvalue weighted by molar-refractivity contribution is 5.83. The molecule has 1 rings (SSSR count). The van der Waals surface area contributed by atoms with E-state index in [4.69, 9.17) is 0 Å². The molecule has 1 amide bonds. The molecule has 0 spiro atoms. The lowest BCUT2D eigenvalue weighted by molar-refractivity contribution is -0.122. The van der Waals surface area contributed by atoms with E-state index in [2.05, 4.69) is 10.6 Å². The molecule has 0 saturated heterocycles. The van der Waals surface area contributed by atoms with E-state index in [1.165, 1.54) is 0 Å². The standard InChI is InChI=1S/C6H10N2O/c1-4-3-7-5(2)6(9)8-4/h3,5,7H,1-2H3,(H,8,9)/t5-/m0/s1. The molecule has 3 heteroatoms. The largest absolute Gasteiger partial charge is 0.378 e. The van der Waals surface area contributed by atoms with Crippen molar-refractivity contribution in [2.24, 2.45) is 0 Å². The number of amides is 1. The molecular formula is C6H10N2O. The van der Waals surface area contributed by atoms with Crippen molar-refractivity contribution in [2.75, 3.05) is 0 Å². The molecule has 1 atom stereocenters. The summed E-state index contributed by atoms with van der Waals surface area (Å²) < 4.78 is 0. The molecule has 1 aliphatic heterocycles. The van der Waals surface area contributed by atoms with E-state index < -0.39 is 0 Å². The maximum Gasteiger partial charge on any atom is 0.246 e. The highest BCUT2D eigenvalue weighted by Gasteiger charge is 2.14. The number of nitrogens with one attached hydrogen (secondary N) is 2. The number of carbonyl (C=O) groups is 1. The van der Waals surface area contributed by atoms with Crippen molar-refractivity contribution < 1.29 is 4.79 Å². The molecule has 0 aromatic heterocycles. The van der Waals surface area contributed by atoms with Crippen LogP contribution in [0.5, 0.6) is 0 Å². The normalized spacial score (nSPS) is 26.2. The zero-order valence-corrected chi connectivity index (χ0v) is 5.56. The zero-order chi connectivity index (χ0) is 6.85. The number of hydrogen-bond acceptors (Lipinski definition) is 2. The molecule has 0 radical (unpaired) electrons. The molecule has 0 saturated carbocycles. The van der Waals surface area contributed by atoms with Gasteiger partial charge < -0.3 is 10.6 Å². The summed E-state index contributed by atoms with van der Waals surface area (Å²) in [6, 6.07) is -0.0892. The van der Waals surface area contributed by atoms with E-state index in [9.17, 15) is 4.79 Å². The van der Waals surface area contributed by atoms with Crippen molar-refractivity contribution in [1.29, 1.82) is 0 Å². The van der Waals surface area contributed by atoms with Crippen LogP contribution in [0.25, 0.3) is 0 Å². The summed E-state index contributed by atoms with van der Waals surface area (Å²) in [5, 5.41) is 5.60. The van der Waals surface area contributed by atoms with Gasteiger partial charge in [-0.25, -0.2) is 0 Å². The Morgan fingerprint density at radius 2 is 2.33 bits per heavy atom. The van der Waals surface area contributed by atoms with Crippen molar-refractivity contribution in [1.82, 2.24) is 10.6 Å². The summed E-state index contributed by atoms with van der Waals surface area (Å²) >= 11 is 0. The first-order valence-corrected chi connectivity index (χ1v) is 2.94. The average molecular weight is 126 g/mol. The fourth-order valence-corrected chi connectivity index (χ4v) is 0.664. The fraction of sp³-hybridized carbons (Fsp3) is 0.500. The molecule has 9 heavy (non-hydrogen) atoms. The minimum absolute atomic E-state index is 0.0370. The van der Waals surface area contributed by atoms with Gasteiger partial charge in [0, 0.05) is 11.9 Å². The number of carbonyl (C=O) groups excluding carboxylic acids is 1. The molecule has 0 fully saturated rings. The molecule has 1 heterocycles. The minimum atomic E-state index is -0.0892. The predicted octanol–water partition coefficient (Wildman–Crippen LogP) is -0.0444. The third kappa shape index (κ3) is 1.22. The predicted molar refractivity (Wildman–Crippen MR) is 34.5 cm³/mol. The van der Waals surface area contributed by atoms with Crippen LogP contribution in [-0.4, -0.2) is 11.9 Å². The van der Waals surface area contributed by atoms with Crippen LogP contribution in [-0.2, 0) is 4.79 Å². The second-order valence-electron chi connectivity index (χ2n) is 2.20. The zero-order valence-electron chi connectivity index (χ0n) is 5.56. The summed E-state index contributed by atoms with van der Waals surface area (Å²) in [5.74, 6) is 0.0370. The first kappa shape index (κ1) is 6.13. The average Bonchev–Trinajstić information content (AvgIpc) is 1.80. The van der Waals surface area contributed by atoms with Gasteiger partial charge in [-0.3, -0.25) is 4.79 Å². The Morgan fingerprint density at radius 3 is 2.78 bits per heavy atom. The number of hydrogen-bond donors (Lipinski definition) is 2. The Hall–Kier alpha value is -0.990. The maximum atomic E-state index is 10.8. The highest BCUT2D eigenvalue weighted by atomic mass is 16.2. The smallest absolute Gasteiger partial charge is 0.246 e. The lowest BCUT2D eigenvalue weighted by Gasteiger charge is -2.18. The summed E-state index contributed by atoms with van der Waals surface area (Å²) in [4.78, 5) is 10.8. The van der Waals surface area contributed by atoms with Gasteiger partial charge in [-0.2, -0.15) is 0 Å². The molecule has 0 bridgehead atoms. The van der Waals surface area contributed by atoms with Crippen molar-refractivity contribution in [2.45, 2.75) is 19.9 Å². The number of allylic oxidation sites excluding steroid dienone is 1. The van der Waals surface area contributed by atoms with Gasteiger partial charge in [-0.1, -0.05) is 0 Å². The Bertz CT molecular complexity index is 162. The summed E-state index contributed by atoms with van der Waals surface area (Å²) in [7, 11) is 0. The molecule has 50 valence electrons. The van der Waals surface area contributed by atoms with Gasteiger partial charge in [0.25, 0.3) is 0 Å². The maximum absolute atomic E-state index is 10.8. The van der Waals surface area contributed by atoms with Crippen LogP contribution >= 0.6 is 0 Å². The van der Waals surface area contributed by atoms with E-state index in [1.54, 1.807) is 6.20 Å². The van der Waals surface area contributed by atoms with Crippen LogP contribution in [0.1, 0.15) is 13.8 Å². The Balaban J connectivity index is 2.65. The molecule has 0 aliphatic carbocycles. The second-order valence-corrected chi connectivity index (χ2v) is 2.20. The summed E-state index contributed by atoms with van der Waals surface area (Å²) in [6.07, 6.45) is 1.80. The van der Waals surface area contributed by atoms with Gasteiger partial charge in [0.1, 0.15) is 6.04 Å². The van der Waals surface area contributed by atoms with Gasteiger partial charge in [-0.15, -0.1) is 0 Å². The molecular weight excluding hydrogens is 116 g/mol. The van der Waals surface area contributed by atoms with Crippen LogP contribution in [0.15, 0.2) is 11.9 Å². The van der Waals surface area contributed by atoms with E-state index in [-0.39, 0.29) is 11.9 Å². The molecule has 1 aliphatic rings. The third-order valence-corrected chi connectivity index (χ3v) is 1.26. The molecule has 0 aromatic rings. The third-order valence-electron chi connectivity index (χ3n) is 1.26. The quantitative estimate of drug-likeness (QED) is 0.478. The Labute approximate surface area is 54.1 Å². The summed E-state index contributed by atoms with van der Waals surface area (Å²) in [5.41, 5.74) is 0.873. The van der Waals surface area contributed by atoms with Gasteiger partial charge in [0.15, 0.2) is 0 Å². The summed E-state index contributed by atoms with van der Waals surface area (Å²) in [6.45, 7) is 3.66. The second kappa shape index (κ2) is 2.09. The molecule has 2 N–H and O–H groups in total. The van der Waals surface area contributed by atoms with Crippen LogP contribution in [0.2, 0.25) is 0 Å². The SMILES string of the molecule is CC1=CN[C@@H](C)C(=O)N1. The van der Waals surface area contributed by atoms with Crippen LogP contribution < -0.4 is 10.6 Å². The Kier molecular flexibility index (Phi) is 1.42. The highest BCUT2D eigenvalue weighted by Crippen LogP contribution is 1.94. The minimum Gasteiger partial charge on any atom is -0.378 e. The van der Waals surface area contributed by atoms with Gasteiger partial charge >= 0.3 is 0 Å². The lowest BCUT2D eigenvalue weighted by Crippen LogP contribution is -2.43.